The zero-order valence-electron chi connectivity index (χ0n) is 12.0. The first-order chi connectivity index (χ1) is 10.2. The first kappa shape index (κ1) is 15.2. The highest BCUT2D eigenvalue weighted by atomic mass is 32.1. The molecule has 0 saturated heterocycles. The van der Waals surface area contributed by atoms with Gasteiger partial charge in [-0.3, -0.25) is 14.5 Å². The summed E-state index contributed by atoms with van der Waals surface area (Å²) in [7, 11) is 1.62. The van der Waals surface area contributed by atoms with Crippen molar-refractivity contribution in [3.63, 3.8) is 0 Å². The van der Waals surface area contributed by atoms with E-state index in [-0.39, 0.29) is 5.91 Å². The van der Waals surface area contributed by atoms with Crippen LogP contribution < -0.4 is 10.1 Å². The van der Waals surface area contributed by atoms with Gasteiger partial charge in [-0.15, -0.1) is 0 Å². The molecular formula is C14H18N4O2S. The quantitative estimate of drug-likeness (QED) is 0.802. The molecule has 0 atom stereocenters. The number of aromatic nitrogens is 3. The Morgan fingerprint density at radius 3 is 2.76 bits per heavy atom. The number of nitrogens with one attached hydrogen (secondary N) is 2. The van der Waals surface area contributed by atoms with Gasteiger partial charge in [0.15, 0.2) is 10.6 Å². The average molecular weight is 306 g/mol. The Hall–Kier alpha value is -2.15. The van der Waals surface area contributed by atoms with Crippen LogP contribution in [-0.2, 0) is 11.3 Å². The van der Waals surface area contributed by atoms with Crippen molar-refractivity contribution in [1.82, 2.24) is 20.1 Å². The van der Waals surface area contributed by atoms with Gasteiger partial charge < -0.3 is 10.1 Å². The van der Waals surface area contributed by atoms with Crippen LogP contribution in [0.1, 0.15) is 13.3 Å². The Kier molecular flexibility index (Phi) is 5.10. The maximum absolute atomic E-state index is 11.4. The van der Waals surface area contributed by atoms with Gasteiger partial charge in [-0.25, -0.2) is 0 Å². The molecule has 0 bridgehead atoms. The second-order valence-corrected chi connectivity index (χ2v) is 4.77. The fourth-order valence-electron chi connectivity index (χ4n) is 1.95. The van der Waals surface area contributed by atoms with Crippen LogP contribution in [0.15, 0.2) is 24.3 Å². The normalized spacial score (nSPS) is 10.4. The summed E-state index contributed by atoms with van der Waals surface area (Å²) in [6.07, 6.45) is 0.356. The van der Waals surface area contributed by atoms with Crippen molar-refractivity contribution < 1.29 is 9.53 Å². The van der Waals surface area contributed by atoms with Crippen LogP contribution in [0.3, 0.4) is 0 Å². The minimum atomic E-state index is -0.0317. The number of H-pyrrole nitrogens is 1. The smallest absolute Gasteiger partial charge is 0.221 e. The molecule has 0 fully saturated rings. The molecule has 0 radical (unpaired) electrons. The molecule has 7 heteroatoms. The maximum atomic E-state index is 11.4. The minimum Gasteiger partial charge on any atom is -0.494 e. The molecule has 2 N–H and O–H groups in total. The molecule has 1 heterocycles. The largest absolute Gasteiger partial charge is 0.494 e. The van der Waals surface area contributed by atoms with Crippen molar-refractivity contribution in [3.8, 4) is 17.1 Å². The van der Waals surface area contributed by atoms with Gasteiger partial charge in [-0.2, -0.15) is 5.10 Å². The van der Waals surface area contributed by atoms with E-state index in [0.29, 0.717) is 30.2 Å². The second-order valence-electron chi connectivity index (χ2n) is 4.38. The number of amides is 1. The molecule has 2 rings (SSSR count). The summed E-state index contributed by atoms with van der Waals surface area (Å²) in [5.41, 5.74) is 0.919. The molecule has 1 aromatic carbocycles. The highest BCUT2D eigenvalue weighted by Crippen LogP contribution is 2.21. The van der Waals surface area contributed by atoms with Crippen LogP contribution in [0.5, 0.6) is 5.75 Å². The number of benzene rings is 1. The predicted molar refractivity (Wildman–Crippen MR) is 82.7 cm³/mol. The zero-order chi connectivity index (χ0) is 15.2. The van der Waals surface area contributed by atoms with Crippen LogP contribution in [0.2, 0.25) is 0 Å². The summed E-state index contributed by atoms with van der Waals surface area (Å²) < 4.78 is 7.74. The van der Waals surface area contributed by atoms with Gasteiger partial charge in [-0.05, 0) is 43.4 Å². The number of carbonyl (C=O) groups is 1. The van der Waals surface area contributed by atoms with Gasteiger partial charge in [0.1, 0.15) is 5.75 Å². The number of ether oxygens (including phenoxy) is 1. The highest BCUT2D eigenvalue weighted by Gasteiger charge is 2.10. The zero-order valence-corrected chi connectivity index (χ0v) is 12.9. The maximum Gasteiger partial charge on any atom is 0.221 e. The second kappa shape index (κ2) is 7.03. The molecule has 0 aliphatic heterocycles. The van der Waals surface area contributed by atoms with E-state index in [1.807, 2.05) is 35.8 Å². The molecule has 0 aliphatic carbocycles. The van der Waals surface area contributed by atoms with Crippen molar-refractivity contribution in [3.05, 3.63) is 29.0 Å². The van der Waals surface area contributed by atoms with E-state index in [1.54, 1.807) is 7.05 Å². The lowest BCUT2D eigenvalue weighted by molar-refractivity contribution is -0.120. The first-order valence-corrected chi connectivity index (χ1v) is 7.15. The number of aromatic amines is 1. The van der Waals surface area contributed by atoms with Crippen LogP contribution in [0.4, 0.5) is 0 Å². The monoisotopic (exact) mass is 306 g/mol. The lowest BCUT2D eigenvalue weighted by atomic mass is 10.2. The van der Waals surface area contributed by atoms with Gasteiger partial charge >= 0.3 is 0 Å². The van der Waals surface area contributed by atoms with Crippen LogP contribution in [0.25, 0.3) is 11.4 Å². The third kappa shape index (κ3) is 3.69. The fourth-order valence-corrected chi connectivity index (χ4v) is 2.17. The molecular weight excluding hydrogens is 288 g/mol. The van der Waals surface area contributed by atoms with Gasteiger partial charge in [-0.1, -0.05) is 0 Å². The van der Waals surface area contributed by atoms with E-state index < -0.39 is 0 Å². The van der Waals surface area contributed by atoms with E-state index >= 15 is 0 Å². The van der Waals surface area contributed by atoms with Crippen molar-refractivity contribution in [2.75, 3.05) is 13.7 Å². The molecule has 0 aliphatic rings. The summed E-state index contributed by atoms with van der Waals surface area (Å²) in [6, 6.07) is 7.62. The Morgan fingerprint density at radius 1 is 1.43 bits per heavy atom. The number of hydrogen-bond donors (Lipinski definition) is 2. The van der Waals surface area contributed by atoms with Crippen LogP contribution >= 0.6 is 12.2 Å². The summed E-state index contributed by atoms with van der Waals surface area (Å²) >= 11 is 5.22. The van der Waals surface area contributed by atoms with Crippen LogP contribution in [-0.4, -0.2) is 34.3 Å². The molecule has 112 valence electrons. The average Bonchev–Trinajstić information content (AvgIpc) is 2.87. The van der Waals surface area contributed by atoms with Gasteiger partial charge in [0.25, 0.3) is 0 Å². The fraction of sp³-hybridized carbons (Fsp3) is 0.357. The van der Waals surface area contributed by atoms with E-state index in [9.17, 15) is 4.79 Å². The Bertz CT molecular complexity index is 660. The van der Waals surface area contributed by atoms with E-state index in [0.717, 1.165) is 11.3 Å². The molecule has 0 spiro atoms. The molecule has 1 amide bonds. The Morgan fingerprint density at radius 2 is 2.14 bits per heavy atom. The third-order valence-corrected chi connectivity index (χ3v) is 3.33. The van der Waals surface area contributed by atoms with Crippen molar-refractivity contribution in [2.24, 2.45) is 0 Å². The lowest BCUT2D eigenvalue weighted by Gasteiger charge is -2.07. The van der Waals surface area contributed by atoms with E-state index in [1.165, 1.54) is 0 Å². The van der Waals surface area contributed by atoms with E-state index in [2.05, 4.69) is 15.5 Å². The Balaban J connectivity index is 2.23. The number of carbonyl (C=O) groups excluding carboxylic acids is 1. The van der Waals surface area contributed by atoms with Crippen molar-refractivity contribution >= 4 is 18.1 Å². The highest BCUT2D eigenvalue weighted by molar-refractivity contribution is 7.71. The van der Waals surface area contributed by atoms with Gasteiger partial charge in [0.05, 0.1) is 6.61 Å². The summed E-state index contributed by atoms with van der Waals surface area (Å²) in [5, 5.41) is 9.60. The molecule has 2 aromatic rings. The summed E-state index contributed by atoms with van der Waals surface area (Å²) in [5.74, 6) is 1.50. The van der Waals surface area contributed by atoms with Gasteiger partial charge in [0, 0.05) is 25.6 Å². The molecule has 6 nitrogen and oxygen atoms in total. The predicted octanol–water partition coefficient (Wildman–Crippen LogP) is 2.14. The van der Waals surface area contributed by atoms with Gasteiger partial charge in [0.2, 0.25) is 5.91 Å². The van der Waals surface area contributed by atoms with Crippen molar-refractivity contribution in [2.45, 2.75) is 19.9 Å². The lowest BCUT2D eigenvalue weighted by Crippen LogP contribution is -2.19. The summed E-state index contributed by atoms with van der Waals surface area (Å²) in [4.78, 5) is 11.4. The molecule has 0 unspecified atom stereocenters. The SMILES string of the molecule is CCOc1ccc(-c2n[nH]c(=S)n2CCC(=O)NC)cc1. The topological polar surface area (TPSA) is 71.9 Å². The number of rotatable bonds is 6. The number of hydrogen-bond acceptors (Lipinski definition) is 4. The Labute approximate surface area is 128 Å². The van der Waals surface area contributed by atoms with E-state index in [4.69, 9.17) is 17.0 Å². The third-order valence-electron chi connectivity index (χ3n) is 3.02. The van der Waals surface area contributed by atoms with Crippen molar-refractivity contribution in [1.29, 1.82) is 0 Å². The minimum absolute atomic E-state index is 0.0317. The summed E-state index contributed by atoms with van der Waals surface area (Å²) in [6.45, 7) is 3.06. The molecule has 21 heavy (non-hydrogen) atoms. The molecule has 1 aromatic heterocycles. The first-order valence-electron chi connectivity index (χ1n) is 6.74. The molecule has 0 saturated carbocycles. The standard InChI is InChI=1S/C14H18N4O2S/c1-3-20-11-6-4-10(5-7-11)13-16-17-14(21)18(13)9-8-12(19)15-2/h4-7H,3,8-9H2,1-2H3,(H,15,19)(H,17,21). The van der Waals surface area contributed by atoms with Crippen LogP contribution in [0, 0.1) is 4.77 Å². The number of nitrogens with zero attached hydrogens (tertiary/aromatic N) is 2.